The minimum absolute atomic E-state index is 0.183. The molecule has 0 aliphatic heterocycles. The van der Waals surface area contributed by atoms with Gasteiger partial charge in [0.15, 0.2) is 0 Å². The maximum absolute atomic E-state index is 12.2. The summed E-state index contributed by atoms with van der Waals surface area (Å²) in [5, 5.41) is 0. The number of carbonyl (C=O) groups excluding carboxylic acids is 1. The van der Waals surface area contributed by atoms with Gasteiger partial charge in [-0.05, 0) is 30.1 Å². The lowest BCUT2D eigenvalue weighted by atomic mass is 9.70. The van der Waals surface area contributed by atoms with Gasteiger partial charge in [-0.2, -0.15) is 0 Å². The SMILES string of the molecule is CCCC[C@H]1[C@@H]2C[C@@H]2C(=O)[C@@H]1C(C)(C)C. The molecule has 1 nitrogen and oxygen atoms in total. The van der Waals surface area contributed by atoms with E-state index in [-0.39, 0.29) is 5.41 Å². The molecule has 0 saturated heterocycles. The summed E-state index contributed by atoms with van der Waals surface area (Å²) in [6, 6.07) is 0. The van der Waals surface area contributed by atoms with E-state index in [1.165, 1.54) is 25.7 Å². The third-order valence-corrected chi connectivity index (χ3v) is 4.31. The molecule has 0 N–H and O–H groups in total. The summed E-state index contributed by atoms with van der Waals surface area (Å²) >= 11 is 0. The zero-order chi connectivity index (χ0) is 11.2. The van der Waals surface area contributed by atoms with Gasteiger partial charge in [0.1, 0.15) is 5.78 Å². The standard InChI is InChI=1S/C14H24O/c1-5-6-7-9-10-8-11(10)13(15)12(9)14(2,3)4/h9-12H,5-8H2,1-4H3/t9-,10-,11-,12+/m0/s1. The highest BCUT2D eigenvalue weighted by molar-refractivity contribution is 5.90. The molecule has 0 aromatic carbocycles. The van der Waals surface area contributed by atoms with E-state index in [1.807, 2.05) is 0 Å². The molecule has 2 aliphatic rings. The van der Waals surface area contributed by atoms with Gasteiger partial charge in [0, 0.05) is 11.8 Å². The lowest BCUT2D eigenvalue weighted by Gasteiger charge is -2.33. The van der Waals surface area contributed by atoms with Crippen LogP contribution in [0, 0.1) is 29.1 Å². The Morgan fingerprint density at radius 1 is 1.33 bits per heavy atom. The summed E-state index contributed by atoms with van der Waals surface area (Å²) in [5.74, 6) is 2.90. The van der Waals surface area contributed by atoms with Crippen molar-refractivity contribution in [3.63, 3.8) is 0 Å². The number of fused-ring (bicyclic) bond motifs is 1. The predicted octanol–water partition coefficient (Wildman–Crippen LogP) is 3.67. The van der Waals surface area contributed by atoms with Crippen LogP contribution in [0.1, 0.15) is 53.4 Å². The van der Waals surface area contributed by atoms with Crippen LogP contribution >= 0.6 is 0 Å². The molecule has 0 aromatic rings. The Hall–Kier alpha value is -0.330. The molecule has 4 atom stereocenters. The van der Waals surface area contributed by atoms with Crippen molar-refractivity contribution in [3.05, 3.63) is 0 Å². The summed E-state index contributed by atoms with van der Waals surface area (Å²) in [5.41, 5.74) is 0.183. The molecule has 2 saturated carbocycles. The van der Waals surface area contributed by atoms with Crippen LogP contribution in [-0.2, 0) is 4.79 Å². The maximum atomic E-state index is 12.2. The van der Waals surface area contributed by atoms with Gasteiger partial charge < -0.3 is 0 Å². The van der Waals surface area contributed by atoms with Gasteiger partial charge in [-0.1, -0.05) is 40.5 Å². The van der Waals surface area contributed by atoms with Gasteiger partial charge in [0.2, 0.25) is 0 Å². The van der Waals surface area contributed by atoms with Crippen molar-refractivity contribution in [2.24, 2.45) is 29.1 Å². The number of hydrogen-bond acceptors (Lipinski definition) is 1. The number of unbranched alkanes of at least 4 members (excludes halogenated alkanes) is 1. The third-order valence-electron chi connectivity index (χ3n) is 4.31. The summed E-state index contributed by atoms with van der Waals surface area (Å²) < 4.78 is 0. The molecule has 86 valence electrons. The second kappa shape index (κ2) is 3.61. The highest BCUT2D eigenvalue weighted by atomic mass is 16.1. The summed E-state index contributed by atoms with van der Waals surface area (Å²) in [6.07, 6.45) is 5.05. The van der Waals surface area contributed by atoms with Gasteiger partial charge in [-0.15, -0.1) is 0 Å². The fraction of sp³-hybridized carbons (Fsp3) is 0.929. The lowest BCUT2D eigenvalue weighted by molar-refractivity contribution is -0.126. The maximum Gasteiger partial charge on any atom is 0.140 e. The van der Waals surface area contributed by atoms with Crippen LogP contribution in [0.2, 0.25) is 0 Å². The van der Waals surface area contributed by atoms with E-state index in [9.17, 15) is 4.79 Å². The van der Waals surface area contributed by atoms with Gasteiger partial charge in [-0.25, -0.2) is 0 Å². The van der Waals surface area contributed by atoms with Crippen molar-refractivity contribution in [2.75, 3.05) is 0 Å². The van der Waals surface area contributed by atoms with E-state index in [2.05, 4.69) is 27.7 Å². The molecule has 2 rings (SSSR count). The Morgan fingerprint density at radius 3 is 2.53 bits per heavy atom. The van der Waals surface area contributed by atoms with E-state index in [1.54, 1.807) is 0 Å². The zero-order valence-electron chi connectivity index (χ0n) is 10.5. The molecule has 0 aromatic heterocycles. The first-order valence-electron chi connectivity index (χ1n) is 6.50. The monoisotopic (exact) mass is 208 g/mol. The zero-order valence-corrected chi connectivity index (χ0v) is 10.5. The average Bonchev–Trinajstić information content (AvgIpc) is 2.83. The predicted molar refractivity (Wildman–Crippen MR) is 62.6 cm³/mol. The Bertz CT molecular complexity index is 261. The molecule has 0 bridgehead atoms. The molecule has 15 heavy (non-hydrogen) atoms. The van der Waals surface area contributed by atoms with Crippen molar-refractivity contribution < 1.29 is 4.79 Å². The Labute approximate surface area is 93.6 Å². The number of hydrogen-bond donors (Lipinski definition) is 0. The van der Waals surface area contributed by atoms with Crippen molar-refractivity contribution in [3.8, 4) is 0 Å². The first kappa shape index (κ1) is 11.2. The van der Waals surface area contributed by atoms with Crippen LogP contribution in [0.15, 0.2) is 0 Å². The van der Waals surface area contributed by atoms with E-state index in [0.29, 0.717) is 23.5 Å². The van der Waals surface area contributed by atoms with E-state index in [4.69, 9.17) is 0 Å². The van der Waals surface area contributed by atoms with E-state index in [0.717, 1.165) is 5.92 Å². The minimum atomic E-state index is 0.183. The van der Waals surface area contributed by atoms with Crippen LogP contribution in [0.25, 0.3) is 0 Å². The Morgan fingerprint density at radius 2 is 2.00 bits per heavy atom. The first-order valence-corrected chi connectivity index (χ1v) is 6.50. The van der Waals surface area contributed by atoms with Gasteiger partial charge >= 0.3 is 0 Å². The number of Topliss-reactive ketones (excluding diaryl/α,β-unsaturated/α-hetero) is 1. The minimum Gasteiger partial charge on any atom is -0.299 e. The molecular formula is C14H24O. The van der Waals surface area contributed by atoms with Crippen molar-refractivity contribution in [2.45, 2.75) is 53.4 Å². The third kappa shape index (κ3) is 1.86. The van der Waals surface area contributed by atoms with Crippen LogP contribution in [0.3, 0.4) is 0 Å². The molecular weight excluding hydrogens is 184 g/mol. The van der Waals surface area contributed by atoms with E-state index >= 15 is 0 Å². The summed E-state index contributed by atoms with van der Waals surface area (Å²) in [4.78, 5) is 12.2. The number of ketones is 1. The number of rotatable bonds is 3. The number of carbonyl (C=O) groups is 1. The normalized spacial score (nSPS) is 39.3. The molecule has 0 radical (unpaired) electrons. The fourth-order valence-electron chi connectivity index (χ4n) is 3.59. The highest BCUT2D eigenvalue weighted by Gasteiger charge is 2.61. The largest absolute Gasteiger partial charge is 0.299 e. The second-order valence-electron chi connectivity index (χ2n) is 6.56. The van der Waals surface area contributed by atoms with Gasteiger partial charge in [0.25, 0.3) is 0 Å². The molecule has 2 fully saturated rings. The van der Waals surface area contributed by atoms with E-state index < -0.39 is 0 Å². The van der Waals surface area contributed by atoms with Crippen LogP contribution in [-0.4, -0.2) is 5.78 Å². The van der Waals surface area contributed by atoms with Crippen LogP contribution in [0.4, 0.5) is 0 Å². The Kier molecular flexibility index (Phi) is 2.68. The summed E-state index contributed by atoms with van der Waals surface area (Å²) in [6.45, 7) is 8.95. The molecule has 0 amide bonds. The van der Waals surface area contributed by atoms with Crippen LogP contribution < -0.4 is 0 Å². The average molecular weight is 208 g/mol. The summed E-state index contributed by atoms with van der Waals surface area (Å²) in [7, 11) is 0. The molecule has 0 unspecified atom stereocenters. The van der Waals surface area contributed by atoms with Crippen molar-refractivity contribution >= 4 is 5.78 Å². The lowest BCUT2D eigenvalue weighted by Crippen LogP contribution is -2.32. The van der Waals surface area contributed by atoms with Crippen molar-refractivity contribution in [1.82, 2.24) is 0 Å². The molecule has 2 aliphatic carbocycles. The quantitative estimate of drug-likeness (QED) is 0.691. The molecule has 1 heteroatoms. The second-order valence-corrected chi connectivity index (χ2v) is 6.56. The molecule has 0 heterocycles. The van der Waals surface area contributed by atoms with Crippen molar-refractivity contribution in [1.29, 1.82) is 0 Å². The van der Waals surface area contributed by atoms with Gasteiger partial charge in [-0.3, -0.25) is 4.79 Å². The van der Waals surface area contributed by atoms with Crippen LogP contribution in [0.5, 0.6) is 0 Å². The van der Waals surface area contributed by atoms with Gasteiger partial charge in [0.05, 0.1) is 0 Å². The topological polar surface area (TPSA) is 17.1 Å². The highest BCUT2D eigenvalue weighted by Crippen LogP contribution is 2.61. The Balaban J connectivity index is 2.09. The molecule has 0 spiro atoms. The smallest absolute Gasteiger partial charge is 0.140 e. The first-order chi connectivity index (χ1) is 6.96. The fourth-order valence-corrected chi connectivity index (χ4v) is 3.59.